The van der Waals surface area contributed by atoms with Crippen molar-refractivity contribution < 1.29 is 14.7 Å². The van der Waals surface area contributed by atoms with Crippen LogP contribution >= 0.6 is 0 Å². The Morgan fingerprint density at radius 2 is 1.89 bits per heavy atom. The topological polar surface area (TPSA) is 72.9 Å². The summed E-state index contributed by atoms with van der Waals surface area (Å²) in [5, 5.41) is 12.6. The SMILES string of the molecule is O=C(N[C@@H]1CC[C@H]2CN(Cc3ccccc3)C[C@H]21)[C@@H]1CCCCN1C(=O)O. The summed E-state index contributed by atoms with van der Waals surface area (Å²) in [6.07, 6.45) is 3.59. The molecule has 0 unspecified atom stereocenters. The maximum Gasteiger partial charge on any atom is 0.407 e. The molecule has 27 heavy (non-hydrogen) atoms. The summed E-state index contributed by atoms with van der Waals surface area (Å²) in [4.78, 5) is 28.1. The first-order valence-corrected chi connectivity index (χ1v) is 10.2. The van der Waals surface area contributed by atoms with Crippen LogP contribution in [0.25, 0.3) is 0 Å². The Labute approximate surface area is 160 Å². The van der Waals surface area contributed by atoms with Crippen molar-refractivity contribution in [1.29, 1.82) is 0 Å². The molecule has 2 saturated heterocycles. The predicted octanol–water partition coefficient (Wildman–Crippen LogP) is 2.55. The molecule has 1 aliphatic carbocycles. The number of carbonyl (C=O) groups excluding carboxylic acids is 1. The molecule has 2 amide bonds. The molecule has 6 heteroatoms. The van der Waals surface area contributed by atoms with Crippen molar-refractivity contribution in [3.63, 3.8) is 0 Å². The third-order valence-corrected chi connectivity index (χ3v) is 6.56. The Bertz CT molecular complexity index is 681. The van der Waals surface area contributed by atoms with Gasteiger partial charge in [0.25, 0.3) is 0 Å². The number of benzene rings is 1. The van der Waals surface area contributed by atoms with Crippen molar-refractivity contribution in [2.24, 2.45) is 11.8 Å². The third-order valence-electron chi connectivity index (χ3n) is 6.56. The van der Waals surface area contributed by atoms with E-state index in [1.165, 1.54) is 10.5 Å². The second kappa shape index (κ2) is 7.89. The van der Waals surface area contributed by atoms with Gasteiger partial charge in [-0.15, -0.1) is 0 Å². The minimum absolute atomic E-state index is 0.0933. The number of nitrogens with one attached hydrogen (secondary N) is 1. The van der Waals surface area contributed by atoms with Gasteiger partial charge in [-0.3, -0.25) is 14.6 Å². The summed E-state index contributed by atoms with van der Waals surface area (Å²) in [6.45, 7) is 3.54. The van der Waals surface area contributed by atoms with Gasteiger partial charge in [0.1, 0.15) is 6.04 Å². The van der Waals surface area contributed by atoms with Crippen LogP contribution in [0.15, 0.2) is 30.3 Å². The van der Waals surface area contributed by atoms with Crippen molar-refractivity contribution in [2.75, 3.05) is 19.6 Å². The van der Waals surface area contributed by atoms with Gasteiger partial charge >= 0.3 is 6.09 Å². The molecule has 2 heterocycles. The van der Waals surface area contributed by atoms with E-state index >= 15 is 0 Å². The third kappa shape index (κ3) is 3.95. The lowest BCUT2D eigenvalue weighted by Crippen LogP contribution is -2.54. The van der Waals surface area contributed by atoms with E-state index in [0.29, 0.717) is 24.8 Å². The lowest BCUT2D eigenvalue weighted by Gasteiger charge is -2.33. The van der Waals surface area contributed by atoms with Gasteiger partial charge in [-0.2, -0.15) is 0 Å². The summed E-state index contributed by atoms with van der Waals surface area (Å²) in [5.74, 6) is 1.03. The van der Waals surface area contributed by atoms with E-state index in [9.17, 15) is 14.7 Å². The molecular formula is C21H29N3O3. The van der Waals surface area contributed by atoms with Crippen molar-refractivity contribution >= 4 is 12.0 Å². The van der Waals surface area contributed by atoms with Gasteiger partial charge in [-0.1, -0.05) is 30.3 Å². The standard InChI is InChI=1S/C21H29N3O3/c25-20(19-8-4-5-11-24(19)21(26)27)22-18-10-9-16-13-23(14-17(16)18)12-15-6-2-1-3-7-15/h1-3,6-7,16-19H,4-5,8-14H2,(H,22,25)(H,26,27)/t16-,17+,18+,19-/m0/s1. The van der Waals surface area contributed by atoms with E-state index in [4.69, 9.17) is 0 Å². The van der Waals surface area contributed by atoms with Crippen LogP contribution in [0, 0.1) is 11.8 Å². The summed E-state index contributed by atoms with van der Waals surface area (Å²) < 4.78 is 0. The minimum atomic E-state index is -0.978. The maximum absolute atomic E-state index is 12.8. The molecule has 6 nitrogen and oxygen atoms in total. The Kier molecular flexibility index (Phi) is 5.34. The van der Waals surface area contributed by atoms with Crippen LogP contribution in [0.2, 0.25) is 0 Å². The van der Waals surface area contributed by atoms with E-state index in [1.807, 2.05) is 6.07 Å². The molecule has 0 bridgehead atoms. The van der Waals surface area contributed by atoms with Crippen LogP contribution in [0.3, 0.4) is 0 Å². The zero-order chi connectivity index (χ0) is 18.8. The predicted molar refractivity (Wildman–Crippen MR) is 102 cm³/mol. The van der Waals surface area contributed by atoms with E-state index < -0.39 is 12.1 Å². The largest absolute Gasteiger partial charge is 0.465 e. The van der Waals surface area contributed by atoms with Crippen molar-refractivity contribution in [1.82, 2.24) is 15.1 Å². The number of amides is 2. The molecule has 0 radical (unpaired) electrons. The lowest BCUT2D eigenvalue weighted by atomic mass is 9.96. The number of carbonyl (C=O) groups is 2. The molecular weight excluding hydrogens is 342 g/mol. The van der Waals surface area contributed by atoms with Crippen LogP contribution < -0.4 is 5.32 Å². The van der Waals surface area contributed by atoms with Gasteiger partial charge in [-0.05, 0) is 49.5 Å². The second-order valence-electron chi connectivity index (χ2n) is 8.28. The highest BCUT2D eigenvalue weighted by Gasteiger charge is 2.44. The highest BCUT2D eigenvalue weighted by Crippen LogP contribution is 2.38. The molecule has 3 aliphatic rings. The van der Waals surface area contributed by atoms with E-state index in [0.717, 1.165) is 45.3 Å². The molecule has 3 fully saturated rings. The van der Waals surface area contributed by atoms with Crippen molar-refractivity contribution in [3.8, 4) is 0 Å². The number of hydrogen-bond donors (Lipinski definition) is 2. The highest BCUT2D eigenvalue weighted by atomic mass is 16.4. The summed E-state index contributed by atoms with van der Waals surface area (Å²) in [6, 6.07) is 10.2. The molecule has 1 aromatic carbocycles. The zero-order valence-electron chi connectivity index (χ0n) is 15.7. The smallest absolute Gasteiger partial charge is 0.407 e. The summed E-state index contributed by atoms with van der Waals surface area (Å²) in [5.41, 5.74) is 1.33. The first-order valence-electron chi connectivity index (χ1n) is 10.2. The fraction of sp³-hybridized carbons (Fsp3) is 0.619. The first-order chi connectivity index (χ1) is 13.1. The van der Waals surface area contributed by atoms with Crippen LogP contribution in [-0.2, 0) is 11.3 Å². The monoisotopic (exact) mass is 371 g/mol. The van der Waals surface area contributed by atoms with Gasteiger partial charge in [0.05, 0.1) is 0 Å². The summed E-state index contributed by atoms with van der Waals surface area (Å²) >= 11 is 0. The molecule has 0 spiro atoms. The van der Waals surface area contributed by atoms with Gasteiger partial charge in [0.15, 0.2) is 0 Å². The normalized spacial score (nSPS) is 30.9. The van der Waals surface area contributed by atoms with Gasteiger partial charge in [0.2, 0.25) is 5.91 Å². The summed E-state index contributed by atoms with van der Waals surface area (Å²) in [7, 11) is 0. The Balaban J connectivity index is 1.35. The molecule has 1 saturated carbocycles. The van der Waals surface area contributed by atoms with Gasteiger partial charge in [-0.25, -0.2) is 4.79 Å². The number of hydrogen-bond acceptors (Lipinski definition) is 3. The number of likely N-dealkylation sites (tertiary alicyclic amines) is 2. The first kappa shape index (κ1) is 18.3. The Morgan fingerprint density at radius 1 is 1.07 bits per heavy atom. The zero-order valence-corrected chi connectivity index (χ0v) is 15.7. The lowest BCUT2D eigenvalue weighted by molar-refractivity contribution is -0.127. The quantitative estimate of drug-likeness (QED) is 0.853. The molecule has 2 N–H and O–H groups in total. The van der Waals surface area contributed by atoms with Crippen LogP contribution in [0.4, 0.5) is 4.79 Å². The minimum Gasteiger partial charge on any atom is -0.465 e. The number of carboxylic acid groups (broad SMARTS) is 1. The van der Waals surface area contributed by atoms with Gasteiger partial charge in [0, 0.05) is 32.2 Å². The number of rotatable bonds is 4. The van der Waals surface area contributed by atoms with Gasteiger partial charge < -0.3 is 10.4 Å². The molecule has 4 rings (SSSR count). The van der Waals surface area contributed by atoms with Crippen LogP contribution in [-0.4, -0.2) is 58.6 Å². The fourth-order valence-corrected chi connectivity index (χ4v) is 5.22. The highest BCUT2D eigenvalue weighted by molar-refractivity contribution is 5.85. The number of piperidine rings is 1. The van der Waals surface area contributed by atoms with Crippen LogP contribution in [0.5, 0.6) is 0 Å². The Morgan fingerprint density at radius 3 is 2.67 bits per heavy atom. The molecule has 1 aromatic rings. The van der Waals surface area contributed by atoms with Crippen LogP contribution in [0.1, 0.15) is 37.7 Å². The molecule has 146 valence electrons. The maximum atomic E-state index is 12.8. The second-order valence-corrected chi connectivity index (χ2v) is 8.28. The average molecular weight is 371 g/mol. The molecule has 0 aromatic heterocycles. The number of fused-ring (bicyclic) bond motifs is 1. The number of nitrogens with zero attached hydrogens (tertiary/aromatic N) is 2. The van der Waals surface area contributed by atoms with E-state index in [2.05, 4.69) is 34.5 Å². The van der Waals surface area contributed by atoms with Crippen molar-refractivity contribution in [2.45, 2.75) is 50.7 Å². The Hall–Kier alpha value is -2.08. The molecule has 4 atom stereocenters. The van der Waals surface area contributed by atoms with E-state index in [-0.39, 0.29) is 11.9 Å². The van der Waals surface area contributed by atoms with Crippen molar-refractivity contribution in [3.05, 3.63) is 35.9 Å². The fourth-order valence-electron chi connectivity index (χ4n) is 5.22. The van der Waals surface area contributed by atoms with E-state index in [1.54, 1.807) is 0 Å². The molecule has 2 aliphatic heterocycles. The average Bonchev–Trinajstić information content (AvgIpc) is 3.23.